The van der Waals surface area contributed by atoms with Crippen LogP contribution in [-0.2, 0) is 20.7 Å². The van der Waals surface area contributed by atoms with Gasteiger partial charge in [0.05, 0.1) is 30.7 Å². The maximum atomic E-state index is 10.9. The van der Waals surface area contributed by atoms with E-state index in [1.54, 1.807) is 12.1 Å². The molecule has 0 N–H and O–H groups in total. The molecule has 104 valence electrons. The lowest BCUT2D eigenvalue weighted by atomic mass is 10.2. The quantitative estimate of drug-likeness (QED) is 0.786. The molecule has 1 heterocycles. The van der Waals surface area contributed by atoms with Crippen LogP contribution in [0.25, 0.3) is 11.0 Å². The monoisotopic (exact) mass is 305 g/mol. The number of ether oxygens (including phenoxy) is 1. The summed E-state index contributed by atoms with van der Waals surface area (Å²) in [6.07, 6.45) is 1.30. The summed E-state index contributed by atoms with van der Waals surface area (Å²) >= 11 is 6.02. The highest BCUT2D eigenvalue weighted by molar-refractivity contribution is 7.85. The number of halogens is 1. The van der Waals surface area contributed by atoms with Gasteiger partial charge in [0.2, 0.25) is 0 Å². The number of fused-ring (bicyclic) bond motifs is 1. The lowest BCUT2D eigenvalue weighted by Gasteiger charge is -2.02. The van der Waals surface area contributed by atoms with Gasteiger partial charge in [0.25, 0.3) is 10.1 Å². The highest BCUT2D eigenvalue weighted by Crippen LogP contribution is 2.31. The zero-order chi connectivity index (χ0) is 14.0. The lowest BCUT2D eigenvalue weighted by molar-refractivity contribution is 0.321. The first-order chi connectivity index (χ1) is 8.90. The standard InChI is InChI=1S/C11H12ClNO5S/c1-16-11-6-10-7(5-8(11)12)9(13-18-10)3-4-17-19(2,14)15/h5-6H,3-4H2,1-2H3. The van der Waals surface area contributed by atoms with Gasteiger partial charge in [-0.05, 0) is 6.07 Å². The van der Waals surface area contributed by atoms with Gasteiger partial charge in [-0.1, -0.05) is 16.8 Å². The second-order valence-electron chi connectivity index (χ2n) is 3.89. The van der Waals surface area contributed by atoms with Gasteiger partial charge >= 0.3 is 0 Å². The minimum Gasteiger partial charge on any atom is -0.495 e. The molecular weight excluding hydrogens is 294 g/mol. The molecule has 0 aliphatic carbocycles. The molecule has 2 aromatic rings. The van der Waals surface area contributed by atoms with Gasteiger partial charge in [0.1, 0.15) is 5.75 Å². The van der Waals surface area contributed by atoms with E-state index in [-0.39, 0.29) is 6.61 Å². The van der Waals surface area contributed by atoms with Crippen molar-refractivity contribution in [3.05, 3.63) is 22.8 Å². The fraction of sp³-hybridized carbons (Fsp3) is 0.364. The number of nitrogens with zero attached hydrogens (tertiary/aromatic N) is 1. The molecule has 0 radical (unpaired) electrons. The molecule has 19 heavy (non-hydrogen) atoms. The number of hydrogen-bond acceptors (Lipinski definition) is 6. The van der Waals surface area contributed by atoms with Gasteiger partial charge in [0.15, 0.2) is 5.58 Å². The number of aromatic nitrogens is 1. The zero-order valence-electron chi connectivity index (χ0n) is 10.3. The molecule has 0 aliphatic heterocycles. The predicted octanol–water partition coefficient (Wildman–Crippen LogP) is 2.01. The third-order valence-electron chi connectivity index (χ3n) is 2.46. The first-order valence-corrected chi connectivity index (χ1v) is 7.56. The summed E-state index contributed by atoms with van der Waals surface area (Å²) in [5.74, 6) is 0.490. The Labute approximate surface area is 115 Å². The van der Waals surface area contributed by atoms with Crippen molar-refractivity contribution in [3.8, 4) is 5.75 Å². The fourth-order valence-electron chi connectivity index (χ4n) is 1.62. The summed E-state index contributed by atoms with van der Waals surface area (Å²) in [6.45, 7) is 0.00408. The van der Waals surface area contributed by atoms with Gasteiger partial charge in [-0.2, -0.15) is 8.42 Å². The van der Waals surface area contributed by atoms with Gasteiger partial charge in [-0.25, -0.2) is 0 Å². The number of benzene rings is 1. The van der Waals surface area contributed by atoms with Crippen molar-refractivity contribution in [1.29, 1.82) is 0 Å². The molecule has 0 aliphatic rings. The smallest absolute Gasteiger partial charge is 0.264 e. The van der Waals surface area contributed by atoms with Crippen LogP contribution in [0.5, 0.6) is 5.75 Å². The van der Waals surface area contributed by atoms with Crippen LogP contribution in [0, 0.1) is 0 Å². The number of hydrogen-bond donors (Lipinski definition) is 0. The molecule has 0 saturated heterocycles. The summed E-state index contributed by atoms with van der Waals surface area (Å²) < 4.78 is 36.6. The lowest BCUT2D eigenvalue weighted by Crippen LogP contribution is -2.06. The normalized spacial score (nSPS) is 11.9. The Morgan fingerprint density at radius 2 is 2.16 bits per heavy atom. The van der Waals surface area contributed by atoms with Crippen molar-refractivity contribution in [1.82, 2.24) is 5.16 Å². The number of methoxy groups -OCH3 is 1. The Kier molecular flexibility index (Phi) is 3.98. The average molecular weight is 306 g/mol. The highest BCUT2D eigenvalue weighted by Gasteiger charge is 2.13. The maximum absolute atomic E-state index is 10.9. The van der Waals surface area contributed by atoms with E-state index >= 15 is 0 Å². The van der Waals surface area contributed by atoms with Gasteiger partial charge < -0.3 is 9.26 Å². The van der Waals surface area contributed by atoms with Crippen molar-refractivity contribution < 1.29 is 21.9 Å². The zero-order valence-corrected chi connectivity index (χ0v) is 11.9. The Hall–Kier alpha value is -1.31. The Balaban J connectivity index is 2.23. The minimum absolute atomic E-state index is 0.00408. The highest BCUT2D eigenvalue weighted by atomic mass is 35.5. The van der Waals surface area contributed by atoms with E-state index in [9.17, 15) is 8.42 Å². The second-order valence-corrected chi connectivity index (χ2v) is 5.94. The van der Waals surface area contributed by atoms with E-state index in [1.807, 2.05) is 0 Å². The first kappa shape index (κ1) is 14.1. The molecule has 0 spiro atoms. The van der Waals surface area contributed by atoms with Crippen LogP contribution >= 0.6 is 11.6 Å². The van der Waals surface area contributed by atoms with Crippen molar-refractivity contribution in [3.63, 3.8) is 0 Å². The van der Waals surface area contributed by atoms with Gasteiger partial charge in [-0.3, -0.25) is 4.18 Å². The largest absolute Gasteiger partial charge is 0.495 e. The van der Waals surface area contributed by atoms with E-state index in [2.05, 4.69) is 9.34 Å². The van der Waals surface area contributed by atoms with Crippen LogP contribution in [0.3, 0.4) is 0 Å². The van der Waals surface area contributed by atoms with Gasteiger partial charge in [0, 0.05) is 17.9 Å². The van der Waals surface area contributed by atoms with Crippen LogP contribution in [0.15, 0.2) is 16.7 Å². The summed E-state index contributed by atoms with van der Waals surface area (Å²) in [5, 5.41) is 5.01. The summed E-state index contributed by atoms with van der Waals surface area (Å²) in [6, 6.07) is 3.30. The van der Waals surface area contributed by atoms with E-state index < -0.39 is 10.1 Å². The Bertz CT molecular complexity index is 694. The maximum Gasteiger partial charge on any atom is 0.264 e. The van der Waals surface area contributed by atoms with E-state index in [4.69, 9.17) is 20.9 Å². The third kappa shape index (κ3) is 3.37. The molecule has 2 rings (SSSR count). The Morgan fingerprint density at radius 3 is 2.79 bits per heavy atom. The minimum atomic E-state index is -3.45. The van der Waals surface area contributed by atoms with Crippen LogP contribution in [0.1, 0.15) is 5.69 Å². The molecule has 0 amide bonds. The topological polar surface area (TPSA) is 78.6 Å². The molecule has 0 fully saturated rings. The number of rotatable bonds is 5. The molecule has 6 nitrogen and oxygen atoms in total. The van der Waals surface area contributed by atoms with Crippen molar-refractivity contribution >= 4 is 32.7 Å². The second kappa shape index (κ2) is 5.36. The molecule has 0 unspecified atom stereocenters. The van der Waals surface area contributed by atoms with Crippen molar-refractivity contribution in [2.45, 2.75) is 6.42 Å². The van der Waals surface area contributed by atoms with E-state index in [0.29, 0.717) is 33.9 Å². The summed E-state index contributed by atoms with van der Waals surface area (Å²) in [4.78, 5) is 0. The SMILES string of the molecule is COc1cc2onc(CCOS(C)(=O)=O)c2cc1Cl. The molecule has 8 heteroatoms. The predicted molar refractivity (Wildman–Crippen MR) is 70.1 cm³/mol. The van der Waals surface area contributed by atoms with Gasteiger partial charge in [-0.15, -0.1) is 0 Å². The third-order valence-corrected chi connectivity index (χ3v) is 3.35. The summed E-state index contributed by atoms with van der Waals surface area (Å²) in [5.41, 5.74) is 1.11. The van der Waals surface area contributed by atoms with Crippen LogP contribution < -0.4 is 4.74 Å². The molecule has 1 aromatic heterocycles. The molecular formula is C11H12ClNO5S. The van der Waals surface area contributed by atoms with Crippen LogP contribution in [0.2, 0.25) is 5.02 Å². The van der Waals surface area contributed by atoms with Crippen LogP contribution in [-0.4, -0.2) is 33.5 Å². The van der Waals surface area contributed by atoms with E-state index in [1.165, 1.54) is 7.11 Å². The average Bonchev–Trinajstić information content (AvgIpc) is 2.69. The summed E-state index contributed by atoms with van der Waals surface area (Å²) in [7, 11) is -1.95. The van der Waals surface area contributed by atoms with E-state index in [0.717, 1.165) is 6.26 Å². The Morgan fingerprint density at radius 1 is 1.42 bits per heavy atom. The first-order valence-electron chi connectivity index (χ1n) is 5.37. The molecule has 0 bridgehead atoms. The molecule has 0 atom stereocenters. The van der Waals surface area contributed by atoms with Crippen molar-refractivity contribution in [2.24, 2.45) is 0 Å². The molecule has 0 saturated carbocycles. The fourth-order valence-corrected chi connectivity index (χ4v) is 2.24. The molecule has 1 aromatic carbocycles. The van der Waals surface area contributed by atoms with Crippen LogP contribution in [0.4, 0.5) is 0 Å². The van der Waals surface area contributed by atoms with Crippen molar-refractivity contribution in [2.75, 3.05) is 20.0 Å².